The van der Waals surface area contributed by atoms with Crippen molar-refractivity contribution in [3.63, 3.8) is 0 Å². The molecular formula is C16H22N2. The second-order valence-electron chi connectivity index (χ2n) is 4.77. The number of rotatable bonds is 6. The van der Waals surface area contributed by atoms with E-state index in [1.54, 1.807) is 0 Å². The molecular weight excluding hydrogens is 220 g/mol. The van der Waals surface area contributed by atoms with Crippen molar-refractivity contribution < 1.29 is 0 Å². The molecule has 0 bridgehead atoms. The molecule has 2 heteroatoms. The van der Waals surface area contributed by atoms with Crippen molar-refractivity contribution in [1.82, 2.24) is 10.3 Å². The third kappa shape index (κ3) is 3.08. The number of hydrogen-bond donors (Lipinski definition) is 1. The van der Waals surface area contributed by atoms with Crippen molar-refractivity contribution in [1.29, 1.82) is 0 Å². The zero-order chi connectivity index (χ0) is 12.8. The Bertz CT molecular complexity index is 493. The number of benzene rings is 1. The third-order valence-electron chi connectivity index (χ3n) is 3.42. The lowest BCUT2D eigenvalue weighted by atomic mass is 10.0. The Labute approximate surface area is 109 Å². The summed E-state index contributed by atoms with van der Waals surface area (Å²) >= 11 is 0. The molecule has 0 saturated heterocycles. The lowest BCUT2D eigenvalue weighted by molar-refractivity contribution is 0.503. The number of nitrogens with zero attached hydrogens (tertiary/aromatic N) is 1. The van der Waals surface area contributed by atoms with Crippen LogP contribution in [-0.2, 0) is 0 Å². The summed E-state index contributed by atoms with van der Waals surface area (Å²) in [5.74, 6) is 0. The van der Waals surface area contributed by atoms with Gasteiger partial charge in [-0.15, -0.1) is 0 Å². The maximum atomic E-state index is 4.76. The Hall–Kier alpha value is -1.41. The normalized spacial score (nSPS) is 12.8. The van der Waals surface area contributed by atoms with Gasteiger partial charge in [-0.1, -0.05) is 50.5 Å². The van der Waals surface area contributed by atoms with Crippen LogP contribution in [0.5, 0.6) is 0 Å². The minimum atomic E-state index is 0.376. The van der Waals surface area contributed by atoms with E-state index in [1.165, 1.54) is 24.6 Å². The molecule has 2 rings (SSSR count). The van der Waals surface area contributed by atoms with Crippen LogP contribution >= 0.6 is 0 Å². The Balaban J connectivity index is 2.17. The lowest BCUT2D eigenvalue weighted by Gasteiger charge is -2.16. The summed E-state index contributed by atoms with van der Waals surface area (Å²) in [7, 11) is 2.02. The molecule has 0 spiro atoms. The Morgan fingerprint density at radius 1 is 1.11 bits per heavy atom. The topological polar surface area (TPSA) is 24.9 Å². The van der Waals surface area contributed by atoms with Crippen LogP contribution < -0.4 is 5.32 Å². The largest absolute Gasteiger partial charge is 0.312 e. The second-order valence-corrected chi connectivity index (χ2v) is 4.77. The predicted octanol–water partition coefficient (Wildman–Crippen LogP) is 4.08. The monoisotopic (exact) mass is 242 g/mol. The molecule has 0 amide bonds. The molecule has 96 valence electrons. The Kier molecular flexibility index (Phi) is 4.71. The fourth-order valence-electron chi connectivity index (χ4n) is 2.31. The van der Waals surface area contributed by atoms with E-state index < -0.39 is 0 Å². The highest BCUT2D eigenvalue weighted by atomic mass is 14.9. The van der Waals surface area contributed by atoms with Crippen molar-refractivity contribution in [2.45, 2.75) is 38.6 Å². The molecule has 0 saturated carbocycles. The van der Waals surface area contributed by atoms with E-state index in [0.29, 0.717) is 6.04 Å². The Morgan fingerprint density at radius 2 is 1.94 bits per heavy atom. The summed E-state index contributed by atoms with van der Waals surface area (Å²) in [5.41, 5.74) is 2.25. The van der Waals surface area contributed by atoms with Crippen LogP contribution in [0.4, 0.5) is 0 Å². The number of fused-ring (bicyclic) bond motifs is 1. The summed E-state index contributed by atoms with van der Waals surface area (Å²) in [4.78, 5) is 4.76. The van der Waals surface area contributed by atoms with Crippen LogP contribution in [0.15, 0.2) is 36.4 Å². The molecule has 1 aromatic carbocycles. The minimum absolute atomic E-state index is 0.376. The van der Waals surface area contributed by atoms with E-state index in [4.69, 9.17) is 4.98 Å². The van der Waals surface area contributed by atoms with Gasteiger partial charge in [0.15, 0.2) is 0 Å². The van der Waals surface area contributed by atoms with Crippen LogP contribution in [0.2, 0.25) is 0 Å². The average molecular weight is 242 g/mol. The van der Waals surface area contributed by atoms with Gasteiger partial charge in [-0.3, -0.25) is 4.98 Å². The summed E-state index contributed by atoms with van der Waals surface area (Å²) in [5, 5.41) is 4.59. The molecule has 0 aliphatic carbocycles. The highest BCUT2D eigenvalue weighted by Crippen LogP contribution is 2.20. The fraction of sp³-hybridized carbons (Fsp3) is 0.438. The smallest absolute Gasteiger partial charge is 0.0706 e. The molecule has 0 fully saturated rings. The van der Waals surface area contributed by atoms with Gasteiger partial charge in [0.1, 0.15) is 0 Å². The van der Waals surface area contributed by atoms with Gasteiger partial charge in [0, 0.05) is 11.4 Å². The lowest BCUT2D eigenvalue weighted by Crippen LogP contribution is -2.17. The van der Waals surface area contributed by atoms with Crippen molar-refractivity contribution in [2.24, 2.45) is 0 Å². The van der Waals surface area contributed by atoms with Crippen LogP contribution in [-0.4, -0.2) is 12.0 Å². The molecule has 2 aromatic rings. The summed E-state index contributed by atoms with van der Waals surface area (Å²) < 4.78 is 0. The van der Waals surface area contributed by atoms with Gasteiger partial charge in [0.2, 0.25) is 0 Å². The Morgan fingerprint density at radius 3 is 2.72 bits per heavy atom. The molecule has 0 aliphatic rings. The quantitative estimate of drug-likeness (QED) is 0.772. The van der Waals surface area contributed by atoms with Crippen molar-refractivity contribution in [3.05, 3.63) is 42.1 Å². The van der Waals surface area contributed by atoms with Crippen LogP contribution in [0.25, 0.3) is 10.9 Å². The first-order chi connectivity index (χ1) is 8.85. The van der Waals surface area contributed by atoms with E-state index in [2.05, 4.69) is 42.6 Å². The first-order valence-electron chi connectivity index (χ1n) is 6.88. The maximum absolute atomic E-state index is 4.76. The summed E-state index contributed by atoms with van der Waals surface area (Å²) in [6.45, 7) is 2.24. The van der Waals surface area contributed by atoms with Crippen LogP contribution in [0, 0.1) is 0 Å². The molecule has 1 N–H and O–H groups in total. The zero-order valence-electron chi connectivity index (χ0n) is 11.3. The van der Waals surface area contributed by atoms with Gasteiger partial charge in [-0.25, -0.2) is 0 Å². The van der Waals surface area contributed by atoms with Gasteiger partial charge in [0.25, 0.3) is 0 Å². The van der Waals surface area contributed by atoms with Crippen LogP contribution in [0.1, 0.15) is 44.3 Å². The standard InChI is InChI=1S/C16H22N2/c1-3-4-5-10-15(17-2)16-12-11-13-8-6-7-9-14(13)18-16/h6-9,11-12,15,17H,3-5,10H2,1-2H3. The molecule has 0 aliphatic heterocycles. The van der Waals surface area contributed by atoms with E-state index in [0.717, 1.165) is 17.6 Å². The first-order valence-corrected chi connectivity index (χ1v) is 6.88. The summed E-state index contributed by atoms with van der Waals surface area (Å²) in [6, 6.07) is 13.0. The van der Waals surface area contributed by atoms with Crippen molar-refractivity contribution in [3.8, 4) is 0 Å². The number of para-hydroxylation sites is 1. The zero-order valence-corrected chi connectivity index (χ0v) is 11.3. The highest BCUT2D eigenvalue weighted by molar-refractivity contribution is 5.78. The number of hydrogen-bond acceptors (Lipinski definition) is 2. The maximum Gasteiger partial charge on any atom is 0.0706 e. The van der Waals surface area contributed by atoms with Gasteiger partial charge in [-0.2, -0.15) is 0 Å². The summed E-state index contributed by atoms with van der Waals surface area (Å²) in [6.07, 6.45) is 4.99. The van der Waals surface area contributed by atoms with Gasteiger partial charge in [-0.05, 0) is 25.6 Å². The molecule has 1 aromatic heterocycles. The average Bonchev–Trinajstić information content (AvgIpc) is 2.43. The van der Waals surface area contributed by atoms with Crippen molar-refractivity contribution >= 4 is 10.9 Å². The molecule has 1 heterocycles. The number of aromatic nitrogens is 1. The number of pyridine rings is 1. The molecule has 1 atom stereocenters. The fourth-order valence-corrected chi connectivity index (χ4v) is 2.31. The van der Waals surface area contributed by atoms with Gasteiger partial charge < -0.3 is 5.32 Å². The van der Waals surface area contributed by atoms with Gasteiger partial charge >= 0.3 is 0 Å². The molecule has 18 heavy (non-hydrogen) atoms. The van der Waals surface area contributed by atoms with E-state index in [-0.39, 0.29) is 0 Å². The predicted molar refractivity (Wildman–Crippen MR) is 77.7 cm³/mol. The van der Waals surface area contributed by atoms with E-state index in [1.807, 2.05) is 13.1 Å². The van der Waals surface area contributed by atoms with Crippen molar-refractivity contribution in [2.75, 3.05) is 7.05 Å². The highest BCUT2D eigenvalue weighted by Gasteiger charge is 2.10. The van der Waals surface area contributed by atoms with Gasteiger partial charge in [0.05, 0.1) is 11.2 Å². The first kappa shape index (κ1) is 13.0. The third-order valence-corrected chi connectivity index (χ3v) is 3.42. The molecule has 2 nitrogen and oxygen atoms in total. The SMILES string of the molecule is CCCCCC(NC)c1ccc2ccccc2n1. The van der Waals surface area contributed by atoms with E-state index in [9.17, 15) is 0 Å². The molecule has 0 radical (unpaired) electrons. The number of nitrogens with one attached hydrogen (secondary N) is 1. The number of unbranched alkanes of at least 4 members (excludes halogenated alkanes) is 2. The minimum Gasteiger partial charge on any atom is -0.312 e. The van der Waals surface area contributed by atoms with E-state index >= 15 is 0 Å². The second kappa shape index (κ2) is 6.50. The molecule has 1 unspecified atom stereocenters. The van der Waals surface area contributed by atoms with Crippen LogP contribution in [0.3, 0.4) is 0 Å².